The van der Waals surface area contributed by atoms with Gasteiger partial charge < -0.3 is 5.32 Å². The number of hydrogen-bond donors (Lipinski definition) is 1. The smallest absolute Gasteiger partial charge is 0.178 e. The number of benzene rings is 1. The van der Waals surface area contributed by atoms with Gasteiger partial charge in [-0.15, -0.1) is 0 Å². The Labute approximate surface area is 124 Å². The quantitative estimate of drug-likeness (QED) is 0.916. The molecule has 0 atom stereocenters. The van der Waals surface area contributed by atoms with Gasteiger partial charge in [0.1, 0.15) is 17.6 Å². The van der Waals surface area contributed by atoms with Gasteiger partial charge in [-0.05, 0) is 29.8 Å². The number of nitrogens with zero attached hydrogens (tertiary/aromatic N) is 2. The second-order valence-corrected chi connectivity index (χ2v) is 6.70. The summed E-state index contributed by atoms with van der Waals surface area (Å²) in [5.41, 5.74) is 1.29. The Bertz CT molecular complexity index is 762. The van der Waals surface area contributed by atoms with Gasteiger partial charge in [0, 0.05) is 6.54 Å². The lowest BCUT2D eigenvalue weighted by Gasteiger charge is -2.07. The zero-order valence-electron chi connectivity index (χ0n) is 11.6. The molecule has 0 saturated heterocycles. The van der Waals surface area contributed by atoms with Crippen LogP contribution in [0.2, 0.25) is 0 Å². The average Bonchev–Trinajstić information content (AvgIpc) is 2.53. The lowest BCUT2D eigenvalue weighted by atomic mass is 10.2. The monoisotopic (exact) mass is 301 g/mol. The van der Waals surface area contributed by atoms with Gasteiger partial charge in [0.05, 0.1) is 10.6 Å². The number of rotatable bonds is 5. The SMILES string of the molecule is CCS(=O)(=O)c1ccc(CNc2cccc(C#N)n2)cc1. The predicted molar refractivity (Wildman–Crippen MR) is 80.4 cm³/mol. The Morgan fingerprint density at radius 3 is 2.52 bits per heavy atom. The van der Waals surface area contributed by atoms with Crippen molar-refractivity contribution in [3.8, 4) is 6.07 Å². The number of pyridine rings is 1. The molecule has 108 valence electrons. The molecule has 0 aliphatic rings. The molecule has 2 aromatic rings. The van der Waals surface area contributed by atoms with Crippen molar-refractivity contribution in [2.45, 2.75) is 18.4 Å². The van der Waals surface area contributed by atoms with E-state index in [9.17, 15) is 8.42 Å². The van der Waals surface area contributed by atoms with Crippen molar-refractivity contribution in [3.63, 3.8) is 0 Å². The van der Waals surface area contributed by atoms with Crippen LogP contribution in [0, 0.1) is 11.3 Å². The van der Waals surface area contributed by atoms with E-state index in [0.717, 1.165) is 5.56 Å². The molecular weight excluding hydrogens is 286 g/mol. The minimum atomic E-state index is -3.16. The molecule has 1 N–H and O–H groups in total. The van der Waals surface area contributed by atoms with Gasteiger partial charge in [-0.1, -0.05) is 25.1 Å². The Morgan fingerprint density at radius 1 is 1.19 bits per heavy atom. The van der Waals surface area contributed by atoms with Crippen molar-refractivity contribution in [3.05, 3.63) is 53.7 Å². The van der Waals surface area contributed by atoms with E-state index in [1.807, 2.05) is 6.07 Å². The number of hydrogen-bond acceptors (Lipinski definition) is 5. The highest BCUT2D eigenvalue weighted by molar-refractivity contribution is 7.91. The van der Waals surface area contributed by atoms with Crippen LogP contribution in [0.4, 0.5) is 5.82 Å². The zero-order chi connectivity index (χ0) is 15.3. The molecule has 1 heterocycles. The summed E-state index contributed by atoms with van der Waals surface area (Å²) in [7, 11) is -3.16. The molecule has 2 rings (SSSR count). The van der Waals surface area contributed by atoms with Crippen LogP contribution in [0.1, 0.15) is 18.2 Å². The molecule has 21 heavy (non-hydrogen) atoms. The number of anilines is 1. The molecule has 1 aromatic carbocycles. The molecule has 0 amide bonds. The van der Waals surface area contributed by atoms with Gasteiger partial charge in [0.25, 0.3) is 0 Å². The fourth-order valence-electron chi connectivity index (χ4n) is 1.77. The third-order valence-electron chi connectivity index (χ3n) is 3.00. The average molecular weight is 301 g/mol. The van der Waals surface area contributed by atoms with Crippen LogP contribution < -0.4 is 5.32 Å². The standard InChI is InChI=1S/C15H15N3O2S/c1-2-21(19,20)14-8-6-12(7-9-14)11-17-15-5-3-4-13(10-16)18-15/h3-9H,2,11H2,1H3,(H,17,18). The first-order valence-electron chi connectivity index (χ1n) is 6.48. The summed E-state index contributed by atoms with van der Waals surface area (Å²) in [6, 6.07) is 13.9. The van der Waals surface area contributed by atoms with E-state index < -0.39 is 9.84 Å². The van der Waals surface area contributed by atoms with E-state index in [1.54, 1.807) is 49.4 Å². The predicted octanol–water partition coefficient (Wildman–Crippen LogP) is 2.36. The van der Waals surface area contributed by atoms with E-state index in [0.29, 0.717) is 23.0 Å². The molecule has 0 unspecified atom stereocenters. The Balaban J connectivity index is 2.06. The summed E-state index contributed by atoms with van der Waals surface area (Å²) in [4.78, 5) is 4.44. The van der Waals surface area contributed by atoms with Crippen molar-refractivity contribution in [2.24, 2.45) is 0 Å². The van der Waals surface area contributed by atoms with E-state index in [4.69, 9.17) is 5.26 Å². The largest absolute Gasteiger partial charge is 0.366 e. The normalized spacial score (nSPS) is 10.9. The minimum absolute atomic E-state index is 0.0927. The van der Waals surface area contributed by atoms with Crippen molar-refractivity contribution >= 4 is 15.7 Å². The molecule has 0 saturated carbocycles. The van der Waals surface area contributed by atoms with Gasteiger partial charge in [-0.2, -0.15) is 5.26 Å². The van der Waals surface area contributed by atoms with Crippen molar-refractivity contribution in [1.82, 2.24) is 4.98 Å². The maximum absolute atomic E-state index is 11.7. The fourth-order valence-corrected chi connectivity index (χ4v) is 2.65. The van der Waals surface area contributed by atoms with Crippen molar-refractivity contribution in [1.29, 1.82) is 5.26 Å². The Morgan fingerprint density at radius 2 is 1.90 bits per heavy atom. The maximum Gasteiger partial charge on any atom is 0.178 e. The van der Waals surface area contributed by atoms with E-state index in [1.165, 1.54) is 0 Å². The first-order chi connectivity index (χ1) is 10.0. The van der Waals surface area contributed by atoms with Crippen molar-refractivity contribution < 1.29 is 8.42 Å². The van der Waals surface area contributed by atoms with Crippen LogP contribution in [0.5, 0.6) is 0 Å². The first-order valence-corrected chi connectivity index (χ1v) is 8.13. The van der Waals surface area contributed by atoms with Gasteiger partial charge in [0.2, 0.25) is 0 Å². The van der Waals surface area contributed by atoms with Crippen LogP contribution in [0.3, 0.4) is 0 Å². The number of sulfone groups is 1. The topological polar surface area (TPSA) is 82.9 Å². The summed E-state index contributed by atoms with van der Waals surface area (Å²) in [6.45, 7) is 2.13. The summed E-state index contributed by atoms with van der Waals surface area (Å²) >= 11 is 0. The van der Waals surface area contributed by atoms with Crippen LogP contribution in [-0.2, 0) is 16.4 Å². The molecule has 0 aliphatic carbocycles. The molecule has 0 bridgehead atoms. The second-order valence-electron chi connectivity index (χ2n) is 4.42. The molecule has 6 heteroatoms. The van der Waals surface area contributed by atoms with Crippen LogP contribution in [0.25, 0.3) is 0 Å². The highest BCUT2D eigenvalue weighted by atomic mass is 32.2. The second kappa shape index (κ2) is 6.37. The molecular formula is C15H15N3O2S. The van der Waals surface area contributed by atoms with Crippen molar-refractivity contribution in [2.75, 3.05) is 11.1 Å². The summed E-state index contributed by atoms with van der Waals surface area (Å²) in [5.74, 6) is 0.703. The molecule has 5 nitrogen and oxygen atoms in total. The Hall–Kier alpha value is -2.39. The van der Waals surface area contributed by atoms with Gasteiger partial charge in [-0.25, -0.2) is 13.4 Å². The molecule has 0 spiro atoms. The van der Waals surface area contributed by atoms with E-state index >= 15 is 0 Å². The van der Waals surface area contributed by atoms with Gasteiger partial charge in [0.15, 0.2) is 9.84 Å². The number of aromatic nitrogens is 1. The third-order valence-corrected chi connectivity index (χ3v) is 4.75. The van der Waals surface area contributed by atoms with Crippen LogP contribution >= 0.6 is 0 Å². The van der Waals surface area contributed by atoms with Gasteiger partial charge >= 0.3 is 0 Å². The first kappa shape index (κ1) is 15.0. The van der Waals surface area contributed by atoms with Crippen LogP contribution in [0.15, 0.2) is 47.4 Å². The summed E-state index contributed by atoms with van der Waals surface area (Å²) in [6.07, 6.45) is 0. The maximum atomic E-state index is 11.7. The zero-order valence-corrected chi connectivity index (χ0v) is 12.4. The molecule has 0 aliphatic heterocycles. The van der Waals surface area contributed by atoms with Gasteiger partial charge in [-0.3, -0.25) is 0 Å². The lowest BCUT2D eigenvalue weighted by molar-refractivity contribution is 0.597. The summed E-state index contributed by atoms with van der Waals surface area (Å²) in [5, 5.41) is 11.9. The number of nitriles is 1. The highest BCUT2D eigenvalue weighted by Gasteiger charge is 2.10. The molecule has 1 aromatic heterocycles. The summed E-state index contributed by atoms with van der Waals surface area (Å²) < 4.78 is 23.4. The number of nitrogens with one attached hydrogen (secondary N) is 1. The van der Waals surface area contributed by atoms with E-state index in [-0.39, 0.29) is 5.75 Å². The minimum Gasteiger partial charge on any atom is -0.366 e. The fraction of sp³-hybridized carbons (Fsp3) is 0.200. The van der Waals surface area contributed by atoms with Crippen LogP contribution in [-0.4, -0.2) is 19.2 Å². The third kappa shape index (κ3) is 3.80. The molecule has 0 fully saturated rings. The molecule has 0 radical (unpaired) electrons. The van der Waals surface area contributed by atoms with E-state index in [2.05, 4.69) is 10.3 Å². The Kier molecular flexibility index (Phi) is 4.55. The lowest BCUT2D eigenvalue weighted by Crippen LogP contribution is -2.05. The highest BCUT2D eigenvalue weighted by Crippen LogP contribution is 2.13.